The summed E-state index contributed by atoms with van der Waals surface area (Å²) in [7, 11) is 0. The minimum atomic E-state index is -0.845. The lowest BCUT2D eigenvalue weighted by Crippen LogP contribution is -2.45. The standard InChI is InChI=1S/C84H161NO5/c1-3-5-7-9-11-13-15-17-19-21-22-23-24-32-35-38-41-45-48-52-56-60-64-68-72-76-82(87)81(80-86)85-83(88)77-73-69-65-61-57-53-49-46-42-39-36-33-30-28-26-25-27-29-31-34-37-40-43-47-51-55-59-63-67-71-75-79-90-84(89)78-74-70-66-62-58-54-50-44-20-18-16-14-12-10-8-6-4-2/h18,20,27,29,72,76,81-82,86-87H,3-17,19,21-26,28,30-71,73-75,77-80H2,1-2H3,(H,85,88)/b20-18-,29-27-,76-72+. The van der Waals surface area contributed by atoms with Crippen LogP contribution in [0.4, 0.5) is 0 Å². The van der Waals surface area contributed by atoms with E-state index in [2.05, 4.69) is 43.5 Å². The summed E-state index contributed by atoms with van der Waals surface area (Å²) >= 11 is 0. The van der Waals surface area contributed by atoms with Gasteiger partial charge in [-0.15, -0.1) is 0 Å². The van der Waals surface area contributed by atoms with Crippen LogP contribution in [0.25, 0.3) is 0 Å². The molecule has 0 spiro atoms. The molecule has 1 amide bonds. The van der Waals surface area contributed by atoms with Gasteiger partial charge in [-0.05, 0) is 83.5 Å². The zero-order valence-corrected chi connectivity index (χ0v) is 61.1. The molecule has 532 valence electrons. The number of unbranched alkanes of at least 4 members (excludes halogenated alkanes) is 63. The summed E-state index contributed by atoms with van der Waals surface area (Å²) in [5, 5.41) is 23.3. The maximum Gasteiger partial charge on any atom is 0.305 e. The van der Waals surface area contributed by atoms with Crippen LogP contribution < -0.4 is 5.32 Å². The van der Waals surface area contributed by atoms with Crippen molar-refractivity contribution in [2.45, 2.75) is 475 Å². The topological polar surface area (TPSA) is 95.9 Å². The van der Waals surface area contributed by atoms with E-state index < -0.39 is 12.1 Å². The summed E-state index contributed by atoms with van der Waals surface area (Å²) in [5.74, 6) is -0.0456. The highest BCUT2D eigenvalue weighted by molar-refractivity contribution is 5.76. The van der Waals surface area contributed by atoms with Crippen molar-refractivity contribution in [1.29, 1.82) is 0 Å². The molecule has 0 aliphatic carbocycles. The van der Waals surface area contributed by atoms with Crippen LogP contribution in [-0.2, 0) is 14.3 Å². The third-order valence-electron chi connectivity index (χ3n) is 19.4. The molecule has 3 N–H and O–H groups in total. The van der Waals surface area contributed by atoms with Gasteiger partial charge in [0.05, 0.1) is 25.4 Å². The normalized spacial score (nSPS) is 12.6. The monoisotopic (exact) mass is 1260 g/mol. The van der Waals surface area contributed by atoms with Crippen molar-refractivity contribution in [3.05, 3.63) is 36.5 Å². The quantitative estimate of drug-likeness (QED) is 0.0320. The Labute approximate surface area is 564 Å². The number of carbonyl (C=O) groups excluding carboxylic acids is 2. The van der Waals surface area contributed by atoms with Crippen molar-refractivity contribution >= 4 is 11.9 Å². The number of rotatable bonds is 78. The number of carbonyl (C=O) groups is 2. The molecule has 2 unspecified atom stereocenters. The van der Waals surface area contributed by atoms with Crippen LogP contribution in [0.5, 0.6) is 0 Å². The van der Waals surface area contributed by atoms with Crippen molar-refractivity contribution in [3.8, 4) is 0 Å². The second kappa shape index (κ2) is 79.5. The zero-order chi connectivity index (χ0) is 64.9. The molecule has 0 heterocycles. The molecule has 0 aliphatic heterocycles. The number of hydrogen-bond acceptors (Lipinski definition) is 5. The van der Waals surface area contributed by atoms with E-state index in [1.54, 1.807) is 6.08 Å². The highest BCUT2D eigenvalue weighted by atomic mass is 16.5. The van der Waals surface area contributed by atoms with E-state index >= 15 is 0 Å². The van der Waals surface area contributed by atoms with E-state index in [0.717, 1.165) is 44.9 Å². The Kier molecular flexibility index (Phi) is 77.8. The second-order valence-electron chi connectivity index (χ2n) is 28.4. The van der Waals surface area contributed by atoms with E-state index in [9.17, 15) is 19.8 Å². The molecule has 0 saturated carbocycles. The van der Waals surface area contributed by atoms with Gasteiger partial charge in [-0.1, -0.05) is 403 Å². The minimum Gasteiger partial charge on any atom is -0.466 e. The van der Waals surface area contributed by atoms with E-state index in [-0.39, 0.29) is 18.5 Å². The van der Waals surface area contributed by atoms with Crippen LogP contribution in [0.1, 0.15) is 463 Å². The van der Waals surface area contributed by atoms with Gasteiger partial charge in [-0.25, -0.2) is 0 Å². The predicted molar refractivity (Wildman–Crippen MR) is 398 cm³/mol. The SMILES string of the molecule is CCCCCCCC/C=C\CCCCCCCCCC(=O)OCCCCCCCCCCCCCC/C=C\CCCCCCCCCCCCCCCCCC(=O)NC(CO)C(O)/C=C/CCCCCCCCCCCCCCCCCCCCCCCCC. The molecule has 0 aromatic rings. The van der Waals surface area contributed by atoms with Gasteiger partial charge in [-0.2, -0.15) is 0 Å². The van der Waals surface area contributed by atoms with E-state index in [1.165, 1.54) is 392 Å². The molecular formula is C84H161NO5. The number of ether oxygens (including phenoxy) is 1. The molecule has 6 heteroatoms. The Morgan fingerprint density at radius 1 is 0.300 bits per heavy atom. The van der Waals surface area contributed by atoms with Crippen LogP contribution >= 0.6 is 0 Å². The van der Waals surface area contributed by atoms with E-state index in [1.807, 2.05) is 6.08 Å². The summed E-state index contributed by atoms with van der Waals surface area (Å²) in [6.07, 6.45) is 104. The maximum absolute atomic E-state index is 12.6. The Balaban J connectivity index is 3.38. The molecule has 0 rings (SSSR count). The molecule has 0 aromatic carbocycles. The molecular weight excluding hydrogens is 1100 g/mol. The fraction of sp³-hybridized carbons (Fsp3) is 0.905. The minimum absolute atomic E-state index is 0.0150. The Hall–Kier alpha value is -1.92. The number of aliphatic hydroxyl groups excluding tert-OH is 2. The lowest BCUT2D eigenvalue weighted by Gasteiger charge is -2.20. The number of allylic oxidation sites excluding steroid dienone is 5. The van der Waals surface area contributed by atoms with Gasteiger partial charge in [0.15, 0.2) is 0 Å². The van der Waals surface area contributed by atoms with Gasteiger partial charge >= 0.3 is 5.97 Å². The maximum atomic E-state index is 12.6. The number of nitrogens with one attached hydrogen (secondary N) is 1. The third-order valence-corrected chi connectivity index (χ3v) is 19.4. The highest BCUT2D eigenvalue weighted by Crippen LogP contribution is 2.20. The lowest BCUT2D eigenvalue weighted by molar-refractivity contribution is -0.143. The first-order valence-electron chi connectivity index (χ1n) is 41.3. The second-order valence-corrected chi connectivity index (χ2v) is 28.4. The van der Waals surface area contributed by atoms with Crippen molar-refractivity contribution in [3.63, 3.8) is 0 Å². The van der Waals surface area contributed by atoms with Crippen LogP contribution in [0.15, 0.2) is 36.5 Å². The molecule has 0 saturated heterocycles. The smallest absolute Gasteiger partial charge is 0.305 e. The lowest BCUT2D eigenvalue weighted by atomic mass is 10.0. The molecule has 0 radical (unpaired) electrons. The largest absolute Gasteiger partial charge is 0.466 e. The van der Waals surface area contributed by atoms with E-state index in [0.29, 0.717) is 19.4 Å². The van der Waals surface area contributed by atoms with Crippen molar-refractivity contribution < 1.29 is 24.5 Å². The fourth-order valence-electron chi connectivity index (χ4n) is 13.1. The first kappa shape index (κ1) is 88.1. The van der Waals surface area contributed by atoms with Gasteiger partial charge in [0, 0.05) is 12.8 Å². The summed E-state index contributed by atoms with van der Waals surface area (Å²) in [4.78, 5) is 24.7. The number of aliphatic hydroxyl groups is 2. The van der Waals surface area contributed by atoms with Crippen LogP contribution in [0.3, 0.4) is 0 Å². The van der Waals surface area contributed by atoms with Gasteiger partial charge in [0.25, 0.3) is 0 Å². The van der Waals surface area contributed by atoms with Gasteiger partial charge in [0.2, 0.25) is 5.91 Å². The molecule has 0 bridgehead atoms. The first-order valence-corrected chi connectivity index (χ1v) is 41.3. The number of hydrogen-bond donors (Lipinski definition) is 3. The Morgan fingerprint density at radius 3 is 0.789 bits per heavy atom. The first-order chi connectivity index (χ1) is 44.5. The summed E-state index contributed by atoms with van der Waals surface area (Å²) in [6, 6.07) is -0.628. The molecule has 6 nitrogen and oxygen atoms in total. The fourth-order valence-corrected chi connectivity index (χ4v) is 13.1. The Bertz CT molecular complexity index is 1460. The van der Waals surface area contributed by atoms with Gasteiger partial charge in [0.1, 0.15) is 0 Å². The molecule has 0 aromatic heterocycles. The Morgan fingerprint density at radius 2 is 0.522 bits per heavy atom. The third kappa shape index (κ3) is 75.1. The average molecular weight is 1270 g/mol. The number of amides is 1. The van der Waals surface area contributed by atoms with Gasteiger partial charge in [-0.3, -0.25) is 9.59 Å². The summed E-state index contributed by atoms with van der Waals surface area (Å²) in [5.41, 5.74) is 0. The summed E-state index contributed by atoms with van der Waals surface area (Å²) < 4.78 is 5.51. The molecule has 0 aliphatic rings. The van der Waals surface area contributed by atoms with Crippen molar-refractivity contribution in [2.24, 2.45) is 0 Å². The molecule has 90 heavy (non-hydrogen) atoms. The molecule has 2 atom stereocenters. The zero-order valence-electron chi connectivity index (χ0n) is 61.1. The average Bonchev–Trinajstić information content (AvgIpc) is 3.69. The van der Waals surface area contributed by atoms with Crippen LogP contribution in [-0.4, -0.2) is 47.4 Å². The van der Waals surface area contributed by atoms with Crippen molar-refractivity contribution in [1.82, 2.24) is 5.32 Å². The van der Waals surface area contributed by atoms with E-state index in [4.69, 9.17) is 4.74 Å². The van der Waals surface area contributed by atoms with Gasteiger partial charge < -0.3 is 20.3 Å². The summed E-state index contributed by atoms with van der Waals surface area (Å²) in [6.45, 7) is 4.95. The molecule has 0 fully saturated rings. The van der Waals surface area contributed by atoms with Crippen LogP contribution in [0.2, 0.25) is 0 Å². The van der Waals surface area contributed by atoms with Crippen LogP contribution in [0, 0.1) is 0 Å². The number of esters is 1. The predicted octanol–water partition coefficient (Wildman–Crippen LogP) is 27.4. The van der Waals surface area contributed by atoms with Crippen molar-refractivity contribution in [2.75, 3.05) is 13.2 Å². The highest BCUT2D eigenvalue weighted by Gasteiger charge is 2.18.